The molecule has 1 rings (SSSR count). The van der Waals surface area contributed by atoms with E-state index in [0.29, 0.717) is 0 Å². The second kappa shape index (κ2) is 4.01. The van der Waals surface area contributed by atoms with Gasteiger partial charge in [0.15, 0.2) is 0 Å². The van der Waals surface area contributed by atoms with Gasteiger partial charge in [0, 0.05) is 7.05 Å². The number of hydrogen-bond acceptors (Lipinski definition) is 3. The van der Waals surface area contributed by atoms with Crippen molar-refractivity contribution in [3.05, 3.63) is 24.5 Å². The van der Waals surface area contributed by atoms with Gasteiger partial charge >= 0.3 is 0 Å². The summed E-state index contributed by atoms with van der Waals surface area (Å²) >= 11 is 0. The van der Waals surface area contributed by atoms with Gasteiger partial charge in [0.2, 0.25) is 0 Å². The van der Waals surface area contributed by atoms with Crippen LogP contribution in [-0.4, -0.2) is 22.0 Å². The molecule has 4 nitrogen and oxygen atoms in total. The highest BCUT2D eigenvalue weighted by molar-refractivity contribution is 5.03. The number of aryl methyl sites for hydroxylation is 1. The van der Waals surface area contributed by atoms with Crippen LogP contribution in [0.4, 0.5) is 0 Å². The van der Waals surface area contributed by atoms with Gasteiger partial charge in [-0.25, -0.2) is 0 Å². The van der Waals surface area contributed by atoms with E-state index in [1.807, 2.05) is 20.2 Å². The van der Waals surface area contributed by atoms with Crippen LogP contribution in [0.1, 0.15) is 18.2 Å². The van der Waals surface area contributed by atoms with Crippen molar-refractivity contribution < 1.29 is 0 Å². The third-order valence-electron chi connectivity index (χ3n) is 1.86. The Kier molecular flexibility index (Phi) is 2.99. The first-order chi connectivity index (χ1) is 5.79. The fourth-order valence-corrected chi connectivity index (χ4v) is 1.17. The predicted molar refractivity (Wildman–Crippen MR) is 47.6 cm³/mol. The minimum atomic E-state index is 0.266. The molecule has 0 saturated heterocycles. The summed E-state index contributed by atoms with van der Waals surface area (Å²) in [6.07, 6.45) is 4.54. The van der Waals surface area contributed by atoms with Crippen LogP contribution in [0, 0.1) is 0 Å². The summed E-state index contributed by atoms with van der Waals surface area (Å²) in [4.78, 5) is 0. The van der Waals surface area contributed by atoms with Crippen LogP contribution in [0.2, 0.25) is 0 Å². The molecule has 1 atom stereocenters. The first-order valence-electron chi connectivity index (χ1n) is 3.92. The van der Waals surface area contributed by atoms with Gasteiger partial charge in [-0.2, -0.15) is 0 Å². The largest absolute Gasteiger partial charge is 0.311 e. The van der Waals surface area contributed by atoms with Crippen molar-refractivity contribution in [2.75, 3.05) is 7.05 Å². The minimum absolute atomic E-state index is 0.266. The van der Waals surface area contributed by atoms with Crippen molar-refractivity contribution in [2.24, 2.45) is 7.05 Å². The lowest BCUT2D eigenvalue weighted by atomic mass is 10.1. The van der Waals surface area contributed by atoms with E-state index in [9.17, 15) is 0 Å². The van der Waals surface area contributed by atoms with Crippen molar-refractivity contribution in [3.8, 4) is 0 Å². The number of nitrogens with zero attached hydrogens (tertiary/aromatic N) is 3. The Labute approximate surface area is 72.3 Å². The molecule has 0 amide bonds. The maximum absolute atomic E-state index is 3.86. The third-order valence-corrected chi connectivity index (χ3v) is 1.86. The highest BCUT2D eigenvalue weighted by atomic mass is 15.4. The first kappa shape index (κ1) is 8.93. The van der Waals surface area contributed by atoms with E-state index in [0.717, 1.165) is 12.1 Å². The summed E-state index contributed by atoms with van der Waals surface area (Å²) in [6.45, 7) is 3.70. The Morgan fingerprint density at radius 2 is 2.58 bits per heavy atom. The highest BCUT2D eigenvalue weighted by Crippen LogP contribution is 2.13. The zero-order valence-corrected chi connectivity index (χ0v) is 7.49. The van der Waals surface area contributed by atoms with Crippen LogP contribution in [-0.2, 0) is 7.05 Å². The summed E-state index contributed by atoms with van der Waals surface area (Å²) in [5, 5.41) is 10.8. The summed E-state index contributed by atoms with van der Waals surface area (Å²) < 4.78 is 1.77. The molecule has 0 spiro atoms. The number of aromatic nitrogens is 3. The molecule has 0 fully saturated rings. The van der Waals surface area contributed by atoms with Crippen molar-refractivity contribution in [3.63, 3.8) is 0 Å². The molecule has 1 heterocycles. The molecular weight excluding hydrogens is 152 g/mol. The minimum Gasteiger partial charge on any atom is -0.311 e. The predicted octanol–water partition coefficient (Wildman–Crippen LogP) is 0.652. The molecule has 4 heteroatoms. The Bertz CT molecular complexity index is 253. The first-order valence-corrected chi connectivity index (χ1v) is 3.92. The van der Waals surface area contributed by atoms with E-state index in [1.54, 1.807) is 10.9 Å². The molecule has 0 radical (unpaired) electrons. The normalized spacial score (nSPS) is 12.8. The highest BCUT2D eigenvalue weighted by Gasteiger charge is 2.10. The lowest BCUT2D eigenvalue weighted by Crippen LogP contribution is -2.18. The molecule has 1 N–H and O–H groups in total. The molecule has 0 aliphatic carbocycles. The summed E-state index contributed by atoms with van der Waals surface area (Å²) in [5.74, 6) is 0. The topological polar surface area (TPSA) is 42.7 Å². The van der Waals surface area contributed by atoms with Crippen molar-refractivity contribution in [2.45, 2.75) is 12.5 Å². The van der Waals surface area contributed by atoms with Gasteiger partial charge in [-0.3, -0.25) is 4.68 Å². The Morgan fingerprint density at radius 1 is 1.83 bits per heavy atom. The molecule has 0 aliphatic rings. The van der Waals surface area contributed by atoms with E-state index in [1.165, 1.54) is 0 Å². The van der Waals surface area contributed by atoms with Crippen LogP contribution >= 0.6 is 0 Å². The van der Waals surface area contributed by atoms with Gasteiger partial charge in [0.25, 0.3) is 0 Å². The molecular formula is C8H14N4. The smallest absolute Gasteiger partial charge is 0.0756 e. The van der Waals surface area contributed by atoms with Gasteiger partial charge in [0.1, 0.15) is 0 Å². The van der Waals surface area contributed by atoms with Crippen LogP contribution < -0.4 is 5.32 Å². The number of nitrogens with one attached hydrogen (secondary N) is 1. The molecule has 0 bridgehead atoms. The third kappa shape index (κ3) is 1.71. The molecule has 1 unspecified atom stereocenters. The Hall–Kier alpha value is -1.16. The van der Waals surface area contributed by atoms with Gasteiger partial charge in [0.05, 0.1) is 17.9 Å². The van der Waals surface area contributed by atoms with Crippen LogP contribution in [0.25, 0.3) is 0 Å². The standard InChI is InChI=1S/C8H14N4/c1-4-5-7(9-2)8-6-10-11-12(8)3/h4,6-7,9H,1,5H2,2-3H3. The molecule has 1 aromatic rings. The van der Waals surface area contributed by atoms with Gasteiger partial charge in [-0.1, -0.05) is 11.3 Å². The van der Waals surface area contributed by atoms with Gasteiger partial charge in [-0.05, 0) is 13.5 Å². The lowest BCUT2D eigenvalue weighted by Gasteiger charge is -2.12. The van der Waals surface area contributed by atoms with Crippen molar-refractivity contribution >= 4 is 0 Å². The molecule has 66 valence electrons. The average Bonchev–Trinajstić information content (AvgIpc) is 2.47. The fraction of sp³-hybridized carbons (Fsp3) is 0.500. The SMILES string of the molecule is C=CCC(NC)c1cnnn1C. The second-order valence-corrected chi connectivity index (χ2v) is 2.65. The molecule has 0 aliphatic heterocycles. The molecule has 12 heavy (non-hydrogen) atoms. The maximum Gasteiger partial charge on any atom is 0.0756 e. The summed E-state index contributed by atoms with van der Waals surface area (Å²) in [7, 11) is 3.80. The fourth-order valence-electron chi connectivity index (χ4n) is 1.17. The van der Waals surface area contributed by atoms with Crippen molar-refractivity contribution in [1.82, 2.24) is 20.3 Å². The van der Waals surface area contributed by atoms with E-state index >= 15 is 0 Å². The van der Waals surface area contributed by atoms with E-state index in [-0.39, 0.29) is 6.04 Å². The van der Waals surface area contributed by atoms with Gasteiger partial charge < -0.3 is 5.32 Å². The zero-order valence-electron chi connectivity index (χ0n) is 7.49. The molecule has 0 aromatic carbocycles. The Balaban J connectivity index is 2.78. The average molecular weight is 166 g/mol. The van der Waals surface area contributed by atoms with E-state index in [2.05, 4.69) is 22.2 Å². The summed E-state index contributed by atoms with van der Waals surface area (Å²) in [5.41, 5.74) is 1.08. The maximum atomic E-state index is 3.86. The van der Waals surface area contributed by atoms with Crippen LogP contribution in [0.3, 0.4) is 0 Å². The van der Waals surface area contributed by atoms with Crippen molar-refractivity contribution in [1.29, 1.82) is 0 Å². The van der Waals surface area contributed by atoms with Crippen LogP contribution in [0.5, 0.6) is 0 Å². The van der Waals surface area contributed by atoms with Gasteiger partial charge in [-0.15, -0.1) is 11.7 Å². The lowest BCUT2D eigenvalue weighted by molar-refractivity contribution is 0.542. The van der Waals surface area contributed by atoms with E-state index in [4.69, 9.17) is 0 Å². The monoisotopic (exact) mass is 166 g/mol. The second-order valence-electron chi connectivity index (χ2n) is 2.65. The van der Waals surface area contributed by atoms with Crippen LogP contribution in [0.15, 0.2) is 18.9 Å². The van der Waals surface area contributed by atoms with E-state index < -0.39 is 0 Å². The zero-order chi connectivity index (χ0) is 8.97. The Morgan fingerprint density at radius 3 is 3.00 bits per heavy atom. The number of rotatable bonds is 4. The molecule has 0 saturated carbocycles. The quantitative estimate of drug-likeness (QED) is 0.668. The number of hydrogen-bond donors (Lipinski definition) is 1. The summed E-state index contributed by atoms with van der Waals surface area (Å²) in [6, 6.07) is 0.266. The molecule has 1 aromatic heterocycles.